The fourth-order valence-corrected chi connectivity index (χ4v) is 2.66. The zero-order chi connectivity index (χ0) is 11.7. The van der Waals surface area contributed by atoms with Gasteiger partial charge in [0, 0.05) is 50.0 Å². The van der Waals surface area contributed by atoms with Crippen LogP contribution in [-0.4, -0.2) is 39.9 Å². The Morgan fingerprint density at radius 1 is 1.41 bits per heavy atom. The van der Waals surface area contributed by atoms with Crippen molar-refractivity contribution in [3.05, 3.63) is 18.0 Å². The van der Waals surface area contributed by atoms with Gasteiger partial charge in [0.25, 0.3) is 0 Å². The fraction of sp³-hybridized carbons (Fsp3) is 0.769. The monoisotopic (exact) mass is 234 g/mol. The molecule has 1 aliphatic carbocycles. The van der Waals surface area contributed by atoms with Gasteiger partial charge in [-0.25, -0.2) is 0 Å². The maximum atomic E-state index is 4.30. The summed E-state index contributed by atoms with van der Waals surface area (Å²) >= 11 is 0. The molecule has 2 fully saturated rings. The molecule has 0 aromatic carbocycles. The summed E-state index contributed by atoms with van der Waals surface area (Å²) in [5.41, 5.74) is 1.30. The number of rotatable bonds is 5. The van der Waals surface area contributed by atoms with Crippen LogP contribution in [0.15, 0.2) is 12.4 Å². The minimum Gasteiger partial charge on any atom is -0.308 e. The lowest BCUT2D eigenvalue weighted by Gasteiger charge is -2.15. The van der Waals surface area contributed by atoms with Crippen molar-refractivity contribution >= 4 is 0 Å². The molecule has 94 valence electrons. The highest BCUT2D eigenvalue weighted by Crippen LogP contribution is 2.29. The number of aromatic nitrogens is 2. The van der Waals surface area contributed by atoms with E-state index in [2.05, 4.69) is 28.4 Å². The molecule has 4 heteroatoms. The number of hydrogen-bond acceptors (Lipinski definition) is 3. The van der Waals surface area contributed by atoms with Crippen LogP contribution < -0.4 is 5.32 Å². The number of likely N-dealkylation sites (tertiary alicyclic amines) is 1. The van der Waals surface area contributed by atoms with Crippen LogP contribution in [0.5, 0.6) is 0 Å². The Morgan fingerprint density at radius 2 is 2.29 bits per heavy atom. The molecule has 2 heterocycles. The second kappa shape index (κ2) is 4.78. The number of nitrogens with zero attached hydrogens (tertiary/aromatic N) is 3. The van der Waals surface area contributed by atoms with E-state index >= 15 is 0 Å². The predicted octanol–water partition coefficient (Wildman–Crippen LogP) is 1.23. The second-order valence-corrected chi connectivity index (χ2v) is 5.30. The third-order valence-electron chi connectivity index (χ3n) is 3.89. The van der Waals surface area contributed by atoms with Gasteiger partial charge in [0.2, 0.25) is 0 Å². The molecule has 0 radical (unpaired) electrons. The van der Waals surface area contributed by atoms with Gasteiger partial charge in [-0.1, -0.05) is 0 Å². The van der Waals surface area contributed by atoms with Crippen LogP contribution in [0, 0.1) is 0 Å². The zero-order valence-corrected chi connectivity index (χ0v) is 10.6. The van der Waals surface area contributed by atoms with E-state index in [1.54, 1.807) is 0 Å². The maximum absolute atomic E-state index is 4.30. The fourth-order valence-electron chi connectivity index (χ4n) is 2.66. The van der Waals surface area contributed by atoms with Gasteiger partial charge in [-0.3, -0.25) is 9.58 Å². The SMILES string of the molecule is CCn1cc(CNC2CCN(C3CC3)C2)cn1. The molecule has 1 saturated heterocycles. The zero-order valence-electron chi connectivity index (χ0n) is 10.6. The molecule has 0 amide bonds. The standard InChI is InChI=1S/C13H22N4/c1-2-17-9-11(8-15-17)7-14-12-5-6-16(10-12)13-3-4-13/h8-9,12-14H,2-7,10H2,1H3. The lowest BCUT2D eigenvalue weighted by molar-refractivity contribution is 0.317. The molecule has 17 heavy (non-hydrogen) atoms. The van der Waals surface area contributed by atoms with E-state index in [1.165, 1.54) is 37.9 Å². The van der Waals surface area contributed by atoms with Crippen LogP contribution in [0.1, 0.15) is 31.7 Å². The summed E-state index contributed by atoms with van der Waals surface area (Å²) in [7, 11) is 0. The van der Waals surface area contributed by atoms with Crippen molar-refractivity contribution in [2.75, 3.05) is 13.1 Å². The molecule has 1 aliphatic heterocycles. The topological polar surface area (TPSA) is 33.1 Å². The molecule has 3 rings (SSSR count). The van der Waals surface area contributed by atoms with E-state index in [1.807, 2.05) is 10.9 Å². The quantitative estimate of drug-likeness (QED) is 0.832. The van der Waals surface area contributed by atoms with Gasteiger partial charge in [0.1, 0.15) is 0 Å². The van der Waals surface area contributed by atoms with E-state index in [0.29, 0.717) is 6.04 Å². The summed E-state index contributed by atoms with van der Waals surface area (Å²) in [4.78, 5) is 2.65. The molecule has 1 N–H and O–H groups in total. The average Bonchev–Trinajstić information content (AvgIpc) is 2.93. The highest BCUT2D eigenvalue weighted by Gasteiger charge is 2.33. The third-order valence-corrected chi connectivity index (χ3v) is 3.89. The first kappa shape index (κ1) is 11.2. The van der Waals surface area contributed by atoms with Gasteiger partial charge in [0.15, 0.2) is 0 Å². The molecule has 1 atom stereocenters. The summed E-state index contributed by atoms with van der Waals surface area (Å²) in [6.07, 6.45) is 8.27. The summed E-state index contributed by atoms with van der Waals surface area (Å²) in [5.74, 6) is 0. The molecule has 4 nitrogen and oxygen atoms in total. The summed E-state index contributed by atoms with van der Waals surface area (Å²) in [6, 6.07) is 1.60. The molecule has 1 saturated carbocycles. The molecule has 0 spiro atoms. The van der Waals surface area contributed by atoms with Crippen molar-refractivity contribution in [2.45, 2.75) is 51.4 Å². The normalized spacial score (nSPS) is 25.6. The first-order chi connectivity index (χ1) is 8.35. The van der Waals surface area contributed by atoms with Crippen molar-refractivity contribution in [3.63, 3.8) is 0 Å². The lowest BCUT2D eigenvalue weighted by Crippen LogP contribution is -2.32. The van der Waals surface area contributed by atoms with E-state index < -0.39 is 0 Å². The molecular formula is C13H22N4. The van der Waals surface area contributed by atoms with Gasteiger partial charge >= 0.3 is 0 Å². The van der Waals surface area contributed by atoms with Crippen LogP contribution in [0.4, 0.5) is 0 Å². The Kier molecular flexibility index (Phi) is 3.16. The van der Waals surface area contributed by atoms with Crippen molar-refractivity contribution in [1.29, 1.82) is 0 Å². The highest BCUT2D eigenvalue weighted by atomic mass is 15.3. The van der Waals surface area contributed by atoms with Gasteiger partial charge in [0.05, 0.1) is 6.20 Å². The lowest BCUT2D eigenvalue weighted by atomic mass is 10.2. The van der Waals surface area contributed by atoms with Crippen LogP contribution in [0.2, 0.25) is 0 Å². The van der Waals surface area contributed by atoms with Gasteiger partial charge < -0.3 is 5.32 Å². The number of nitrogens with one attached hydrogen (secondary N) is 1. The van der Waals surface area contributed by atoms with Crippen LogP contribution >= 0.6 is 0 Å². The molecule has 1 aromatic heterocycles. The molecule has 2 aliphatic rings. The minimum atomic E-state index is 0.681. The van der Waals surface area contributed by atoms with Crippen LogP contribution in [0.3, 0.4) is 0 Å². The van der Waals surface area contributed by atoms with Crippen LogP contribution in [0.25, 0.3) is 0 Å². The number of hydrogen-bond donors (Lipinski definition) is 1. The first-order valence-electron chi connectivity index (χ1n) is 6.84. The van der Waals surface area contributed by atoms with E-state index in [9.17, 15) is 0 Å². The van der Waals surface area contributed by atoms with Crippen LogP contribution in [-0.2, 0) is 13.1 Å². The Labute approximate surface area is 103 Å². The Morgan fingerprint density at radius 3 is 3.00 bits per heavy atom. The predicted molar refractivity (Wildman–Crippen MR) is 67.7 cm³/mol. The van der Waals surface area contributed by atoms with Gasteiger partial charge in [-0.15, -0.1) is 0 Å². The molecule has 0 bridgehead atoms. The van der Waals surface area contributed by atoms with Crippen molar-refractivity contribution in [3.8, 4) is 0 Å². The summed E-state index contributed by atoms with van der Waals surface area (Å²) in [6.45, 7) is 6.57. The van der Waals surface area contributed by atoms with Gasteiger partial charge in [-0.2, -0.15) is 5.10 Å². The largest absolute Gasteiger partial charge is 0.308 e. The average molecular weight is 234 g/mol. The molecule has 1 unspecified atom stereocenters. The van der Waals surface area contributed by atoms with E-state index in [4.69, 9.17) is 0 Å². The number of aryl methyl sites for hydroxylation is 1. The smallest absolute Gasteiger partial charge is 0.0534 e. The highest BCUT2D eigenvalue weighted by molar-refractivity contribution is 5.04. The van der Waals surface area contributed by atoms with E-state index in [0.717, 1.165) is 19.1 Å². The van der Waals surface area contributed by atoms with Crippen molar-refractivity contribution in [1.82, 2.24) is 20.0 Å². The maximum Gasteiger partial charge on any atom is 0.0534 e. The minimum absolute atomic E-state index is 0.681. The second-order valence-electron chi connectivity index (χ2n) is 5.30. The van der Waals surface area contributed by atoms with Crippen molar-refractivity contribution in [2.24, 2.45) is 0 Å². The summed E-state index contributed by atoms with van der Waals surface area (Å²) < 4.78 is 1.99. The van der Waals surface area contributed by atoms with E-state index in [-0.39, 0.29) is 0 Å². The Balaban J connectivity index is 1.44. The first-order valence-corrected chi connectivity index (χ1v) is 6.84. The summed E-state index contributed by atoms with van der Waals surface area (Å²) in [5, 5.41) is 7.95. The molecule has 1 aromatic rings. The van der Waals surface area contributed by atoms with Crippen molar-refractivity contribution < 1.29 is 0 Å². The third kappa shape index (κ3) is 2.69. The Bertz CT molecular complexity index is 369. The molecular weight excluding hydrogens is 212 g/mol. The van der Waals surface area contributed by atoms with Gasteiger partial charge in [-0.05, 0) is 26.2 Å². The Hall–Kier alpha value is -0.870.